The number of benzene rings is 1. The van der Waals surface area contributed by atoms with Crippen molar-refractivity contribution in [3.05, 3.63) is 35.7 Å². The average molecular weight is 246 g/mol. The van der Waals surface area contributed by atoms with Gasteiger partial charge in [0.2, 0.25) is 0 Å². The van der Waals surface area contributed by atoms with Crippen LogP contribution in [0.5, 0.6) is 11.5 Å². The first-order chi connectivity index (χ1) is 8.71. The van der Waals surface area contributed by atoms with Gasteiger partial charge >= 0.3 is 0 Å². The minimum atomic E-state index is 0.574. The van der Waals surface area contributed by atoms with Gasteiger partial charge in [0.15, 0.2) is 17.8 Å². The molecule has 1 aromatic carbocycles. The van der Waals surface area contributed by atoms with Crippen molar-refractivity contribution >= 4 is 6.29 Å². The van der Waals surface area contributed by atoms with Gasteiger partial charge in [0, 0.05) is 6.07 Å². The lowest BCUT2D eigenvalue weighted by atomic mass is 10.2. The summed E-state index contributed by atoms with van der Waals surface area (Å²) in [5.74, 6) is 1.28. The van der Waals surface area contributed by atoms with Crippen LogP contribution in [0.3, 0.4) is 0 Å². The fourth-order valence-electron chi connectivity index (χ4n) is 1.75. The molecule has 0 radical (unpaired) electrons. The first-order valence-electron chi connectivity index (χ1n) is 5.43. The van der Waals surface area contributed by atoms with E-state index in [1.54, 1.807) is 31.2 Å². The third-order valence-corrected chi connectivity index (χ3v) is 2.79. The van der Waals surface area contributed by atoms with E-state index in [0.29, 0.717) is 17.1 Å². The molecular weight excluding hydrogens is 232 g/mol. The zero-order valence-electron chi connectivity index (χ0n) is 10.5. The standard InChI is InChI=1S/C13H14N2O3/c1-9-10(8-16)7-14-15(9)11-4-5-12(17-2)13(6-11)18-3/h4-8H,1-3H3. The Bertz CT molecular complexity index is 576. The van der Waals surface area contributed by atoms with Crippen molar-refractivity contribution < 1.29 is 14.3 Å². The lowest BCUT2D eigenvalue weighted by molar-refractivity contribution is 0.112. The van der Waals surface area contributed by atoms with E-state index in [9.17, 15) is 4.79 Å². The first kappa shape index (κ1) is 12.2. The Labute approximate surface area is 105 Å². The van der Waals surface area contributed by atoms with Gasteiger partial charge in [-0.1, -0.05) is 0 Å². The molecule has 5 heteroatoms. The normalized spacial score (nSPS) is 10.2. The minimum Gasteiger partial charge on any atom is -0.493 e. The van der Waals surface area contributed by atoms with Gasteiger partial charge in [-0.05, 0) is 19.1 Å². The Morgan fingerprint density at radius 2 is 1.94 bits per heavy atom. The summed E-state index contributed by atoms with van der Waals surface area (Å²) >= 11 is 0. The summed E-state index contributed by atoms with van der Waals surface area (Å²) in [5, 5.41) is 4.18. The highest BCUT2D eigenvalue weighted by molar-refractivity contribution is 5.76. The number of methoxy groups -OCH3 is 2. The molecule has 0 saturated heterocycles. The molecule has 0 bridgehead atoms. The zero-order valence-corrected chi connectivity index (χ0v) is 10.5. The summed E-state index contributed by atoms with van der Waals surface area (Å²) in [6, 6.07) is 5.47. The maximum absolute atomic E-state index is 10.8. The lowest BCUT2D eigenvalue weighted by Crippen LogP contribution is -2.00. The second kappa shape index (κ2) is 4.91. The Kier molecular flexibility index (Phi) is 3.32. The van der Waals surface area contributed by atoms with Gasteiger partial charge < -0.3 is 9.47 Å². The van der Waals surface area contributed by atoms with Crippen LogP contribution >= 0.6 is 0 Å². The van der Waals surface area contributed by atoms with Gasteiger partial charge in [-0.15, -0.1) is 0 Å². The fraction of sp³-hybridized carbons (Fsp3) is 0.231. The summed E-state index contributed by atoms with van der Waals surface area (Å²) in [5.41, 5.74) is 2.18. The Morgan fingerprint density at radius 1 is 1.22 bits per heavy atom. The van der Waals surface area contributed by atoms with Crippen LogP contribution in [0.15, 0.2) is 24.4 Å². The van der Waals surface area contributed by atoms with Crippen LogP contribution < -0.4 is 9.47 Å². The lowest BCUT2D eigenvalue weighted by Gasteiger charge is -2.10. The van der Waals surface area contributed by atoms with Crippen molar-refractivity contribution in [2.75, 3.05) is 14.2 Å². The van der Waals surface area contributed by atoms with Gasteiger partial charge in [-0.25, -0.2) is 4.68 Å². The molecule has 2 aromatic rings. The molecule has 0 N–H and O–H groups in total. The summed E-state index contributed by atoms with van der Waals surface area (Å²) in [6.07, 6.45) is 2.33. The third kappa shape index (κ3) is 1.95. The molecule has 0 aliphatic rings. The molecule has 18 heavy (non-hydrogen) atoms. The number of ether oxygens (including phenoxy) is 2. The van der Waals surface area contributed by atoms with Crippen molar-refractivity contribution in [1.82, 2.24) is 9.78 Å². The molecule has 0 amide bonds. The van der Waals surface area contributed by atoms with Crippen LogP contribution in [0.25, 0.3) is 5.69 Å². The van der Waals surface area contributed by atoms with Crippen LogP contribution in [0, 0.1) is 6.92 Å². The maximum atomic E-state index is 10.8. The van der Waals surface area contributed by atoms with Crippen LogP contribution in [0.4, 0.5) is 0 Å². The second-order valence-electron chi connectivity index (χ2n) is 3.75. The van der Waals surface area contributed by atoms with Gasteiger partial charge in [-0.2, -0.15) is 5.10 Å². The van der Waals surface area contributed by atoms with Crippen LogP contribution in [0.2, 0.25) is 0 Å². The largest absolute Gasteiger partial charge is 0.493 e. The molecule has 2 rings (SSSR count). The van der Waals surface area contributed by atoms with Crippen LogP contribution in [0.1, 0.15) is 16.1 Å². The van der Waals surface area contributed by atoms with Crippen LogP contribution in [-0.4, -0.2) is 30.3 Å². The van der Waals surface area contributed by atoms with Crippen molar-refractivity contribution in [2.24, 2.45) is 0 Å². The van der Waals surface area contributed by atoms with Gasteiger partial charge in [0.25, 0.3) is 0 Å². The second-order valence-corrected chi connectivity index (χ2v) is 3.75. The van der Waals surface area contributed by atoms with E-state index in [1.807, 2.05) is 19.1 Å². The molecule has 1 aromatic heterocycles. The highest BCUT2D eigenvalue weighted by Gasteiger charge is 2.10. The monoisotopic (exact) mass is 246 g/mol. The van der Waals surface area contributed by atoms with Crippen molar-refractivity contribution in [3.8, 4) is 17.2 Å². The number of carbonyl (C=O) groups is 1. The highest BCUT2D eigenvalue weighted by Crippen LogP contribution is 2.29. The maximum Gasteiger partial charge on any atom is 0.162 e. The van der Waals surface area contributed by atoms with Gasteiger partial charge in [0.1, 0.15) is 0 Å². The summed E-state index contributed by atoms with van der Waals surface area (Å²) in [4.78, 5) is 10.8. The minimum absolute atomic E-state index is 0.574. The number of aldehydes is 1. The fourth-order valence-corrected chi connectivity index (χ4v) is 1.75. The number of aromatic nitrogens is 2. The molecule has 0 fully saturated rings. The SMILES string of the molecule is COc1ccc(-n2ncc(C=O)c2C)cc1OC. The predicted octanol–water partition coefficient (Wildman–Crippen LogP) is 2.01. The number of rotatable bonds is 4. The van der Waals surface area contributed by atoms with E-state index in [4.69, 9.17) is 9.47 Å². The topological polar surface area (TPSA) is 53.4 Å². The Hall–Kier alpha value is -2.30. The first-order valence-corrected chi connectivity index (χ1v) is 5.43. The molecule has 1 heterocycles. The molecular formula is C13H14N2O3. The van der Waals surface area contributed by atoms with Crippen molar-refractivity contribution in [3.63, 3.8) is 0 Å². The summed E-state index contributed by atoms with van der Waals surface area (Å²) in [6.45, 7) is 1.84. The number of nitrogens with zero attached hydrogens (tertiary/aromatic N) is 2. The highest BCUT2D eigenvalue weighted by atomic mass is 16.5. The van der Waals surface area contributed by atoms with Crippen LogP contribution in [-0.2, 0) is 0 Å². The number of hydrogen-bond acceptors (Lipinski definition) is 4. The molecule has 5 nitrogen and oxygen atoms in total. The Balaban J connectivity index is 2.50. The molecule has 0 atom stereocenters. The molecule has 0 saturated carbocycles. The molecule has 0 aliphatic carbocycles. The molecule has 94 valence electrons. The molecule has 0 unspecified atom stereocenters. The number of hydrogen-bond donors (Lipinski definition) is 0. The van der Waals surface area contributed by atoms with E-state index in [-0.39, 0.29) is 0 Å². The number of carbonyl (C=O) groups excluding carboxylic acids is 1. The molecule has 0 spiro atoms. The zero-order chi connectivity index (χ0) is 13.1. The summed E-state index contributed by atoms with van der Waals surface area (Å²) in [7, 11) is 3.16. The predicted molar refractivity (Wildman–Crippen MR) is 66.8 cm³/mol. The van der Waals surface area contributed by atoms with E-state index in [2.05, 4.69) is 5.10 Å². The van der Waals surface area contributed by atoms with E-state index in [0.717, 1.165) is 17.7 Å². The average Bonchev–Trinajstić information content (AvgIpc) is 2.79. The third-order valence-electron chi connectivity index (χ3n) is 2.79. The molecule has 0 aliphatic heterocycles. The van der Waals surface area contributed by atoms with Gasteiger partial charge in [0.05, 0.1) is 37.4 Å². The smallest absolute Gasteiger partial charge is 0.162 e. The van der Waals surface area contributed by atoms with E-state index in [1.165, 1.54) is 0 Å². The van der Waals surface area contributed by atoms with Gasteiger partial charge in [-0.3, -0.25) is 4.79 Å². The van der Waals surface area contributed by atoms with Crippen molar-refractivity contribution in [2.45, 2.75) is 6.92 Å². The van der Waals surface area contributed by atoms with E-state index < -0.39 is 0 Å². The van der Waals surface area contributed by atoms with Crippen molar-refractivity contribution in [1.29, 1.82) is 0 Å². The summed E-state index contributed by atoms with van der Waals surface area (Å²) < 4.78 is 12.1. The quantitative estimate of drug-likeness (QED) is 0.774. The Morgan fingerprint density at radius 3 is 2.50 bits per heavy atom. The van der Waals surface area contributed by atoms with E-state index >= 15 is 0 Å².